The lowest BCUT2D eigenvalue weighted by Crippen LogP contribution is -2.05. The highest BCUT2D eigenvalue weighted by molar-refractivity contribution is 6.31. The first-order valence-corrected chi connectivity index (χ1v) is 4.75. The maximum atomic E-state index is 5.99. The van der Waals surface area contributed by atoms with Crippen molar-refractivity contribution in [1.29, 1.82) is 0 Å². The van der Waals surface area contributed by atoms with Crippen LogP contribution in [0.25, 0.3) is 0 Å². The first-order chi connectivity index (χ1) is 5.66. The van der Waals surface area contributed by atoms with Crippen molar-refractivity contribution in [3.05, 3.63) is 16.9 Å². The maximum absolute atomic E-state index is 5.99. The average Bonchev–Trinajstić information content (AvgIpc) is 2.32. The number of rotatable bonds is 3. The van der Waals surface area contributed by atoms with Crippen LogP contribution in [0.15, 0.2) is 6.20 Å². The number of nitrogens with zero attached hydrogens (tertiary/aromatic N) is 2. The van der Waals surface area contributed by atoms with Gasteiger partial charge in [-0.15, -0.1) is 0 Å². The molecule has 2 nitrogen and oxygen atoms in total. The molecule has 68 valence electrons. The van der Waals surface area contributed by atoms with E-state index in [1.165, 1.54) is 0 Å². The standard InChI is InChI=1S/C9H15ClN2/c1-4-5-12-9(7(2)3)8(10)6-11-12/h6-7H,4-5H2,1-3H3. The molecule has 1 rings (SSSR count). The molecule has 0 N–H and O–H groups in total. The van der Waals surface area contributed by atoms with Crippen LogP contribution in [0, 0.1) is 0 Å². The first-order valence-electron chi connectivity index (χ1n) is 4.38. The van der Waals surface area contributed by atoms with Gasteiger partial charge in [0.05, 0.1) is 16.9 Å². The summed E-state index contributed by atoms with van der Waals surface area (Å²) in [5, 5.41) is 5.00. The van der Waals surface area contributed by atoms with Crippen LogP contribution >= 0.6 is 11.6 Å². The first kappa shape index (κ1) is 9.59. The van der Waals surface area contributed by atoms with Gasteiger partial charge in [0.1, 0.15) is 0 Å². The molecular weight excluding hydrogens is 172 g/mol. The minimum atomic E-state index is 0.451. The van der Waals surface area contributed by atoms with Gasteiger partial charge in [0.25, 0.3) is 0 Å². The summed E-state index contributed by atoms with van der Waals surface area (Å²) in [6, 6.07) is 0. The Hall–Kier alpha value is -0.500. The second-order valence-corrected chi connectivity index (χ2v) is 3.66. The Bertz CT molecular complexity index is 253. The molecule has 0 spiro atoms. The number of hydrogen-bond donors (Lipinski definition) is 0. The monoisotopic (exact) mass is 186 g/mol. The zero-order chi connectivity index (χ0) is 9.14. The van der Waals surface area contributed by atoms with E-state index in [1.54, 1.807) is 6.20 Å². The summed E-state index contributed by atoms with van der Waals surface area (Å²) in [6.07, 6.45) is 2.82. The molecule has 3 heteroatoms. The highest BCUT2D eigenvalue weighted by Gasteiger charge is 2.11. The third-order valence-corrected chi connectivity index (χ3v) is 2.11. The third-order valence-electron chi connectivity index (χ3n) is 1.82. The summed E-state index contributed by atoms with van der Waals surface area (Å²) in [4.78, 5) is 0. The molecule has 1 heterocycles. The number of hydrogen-bond acceptors (Lipinski definition) is 1. The number of aromatic nitrogens is 2. The zero-order valence-corrected chi connectivity index (χ0v) is 8.60. The summed E-state index contributed by atoms with van der Waals surface area (Å²) >= 11 is 5.99. The Kier molecular flexibility index (Phi) is 3.15. The second kappa shape index (κ2) is 3.94. The molecule has 0 radical (unpaired) electrons. The Morgan fingerprint density at radius 3 is 2.75 bits per heavy atom. The molecule has 0 aliphatic carbocycles. The molecule has 0 aromatic carbocycles. The summed E-state index contributed by atoms with van der Waals surface area (Å²) in [7, 11) is 0. The normalized spacial score (nSPS) is 11.1. The van der Waals surface area contributed by atoms with Crippen molar-refractivity contribution >= 4 is 11.6 Å². The molecule has 1 aromatic heterocycles. The van der Waals surface area contributed by atoms with Crippen molar-refractivity contribution in [2.75, 3.05) is 0 Å². The molecule has 1 aromatic rings. The third kappa shape index (κ3) is 1.81. The zero-order valence-electron chi connectivity index (χ0n) is 7.84. The van der Waals surface area contributed by atoms with E-state index in [-0.39, 0.29) is 0 Å². The van der Waals surface area contributed by atoms with Crippen LogP contribution in [0.5, 0.6) is 0 Å². The Balaban J connectivity index is 2.95. The summed E-state index contributed by atoms with van der Waals surface area (Å²) in [5.74, 6) is 0.451. The van der Waals surface area contributed by atoms with Gasteiger partial charge in [0, 0.05) is 6.54 Å². The van der Waals surface area contributed by atoms with Gasteiger partial charge < -0.3 is 0 Å². The van der Waals surface area contributed by atoms with E-state index >= 15 is 0 Å². The van der Waals surface area contributed by atoms with Gasteiger partial charge in [0.15, 0.2) is 0 Å². The van der Waals surface area contributed by atoms with E-state index in [9.17, 15) is 0 Å². The highest BCUT2D eigenvalue weighted by atomic mass is 35.5. The van der Waals surface area contributed by atoms with E-state index in [2.05, 4.69) is 25.9 Å². The van der Waals surface area contributed by atoms with E-state index in [4.69, 9.17) is 11.6 Å². The molecule has 12 heavy (non-hydrogen) atoms. The highest BCUT2D eigenvalue weighted by Crippen LogP contribution is 2.23. The van der Waals surface area contributed by atoms with E-state index in [0.29, 0.717) is 5.92 Å². The molecular formula is C9H15ClN2. The maximum Gasteiger partial charge on any atom is 0.0820 e. The smallest absolute Gasteiger partial charge is 0.0820 e. The molecule has 0 amide bonds. The van der Waals surface area contributed by atoms with E-state index in [1.807, 2.05) is 4.68 Å². The fourth-order valence-corrected chi connectivity index (χ4v) is 1.70. The Labute approximate surface area is 78.5 Å². The summed E-state index contributed by atoms with van der Waals surface area (Å²) < 4.78 is 1.99. The van der Waals surface area contributed by atoms with Crippen molar-refractivity contribution in [1.82, 2.24) is 9.78 Å². The Morgan fingerprint density at radius 2 is 2.25 bits per heavy atom. The van der Waals surface area contributed by atoms with Gasteiger partial charge >= 0.3 is 0 Å². The van der Waals surface area contributed by atoms with Crippen molar-refractivity contribution in [3.8, 4) is 0 Å². The summed E-state index contributed by atoms with van der Waals surface area (Å²) in [5.41, 5.74) is 1.15. The van der Waals surface area contributed by atoms with Crippen molar-refractivity contribution in [2.24, 2.45) is 0 Å². The van der Waals surface area contributed by atoms with E-state index in [0.717, 1.165) is 23.7 Å². The van der Waals surface area contributed by atoms with Gasteiger partial charge in [-0.25, -0.2) is 0 Å². The lowest BCUT2D eigenvalue weighted by Gasteiger charge is -2.09. The van der Waals surface area contributed by atoms with Crippen LogP contribution in [0.1, 0.15) is 38.8 Å². The summed E-state index contributed by atoms with van der Waals surface area (Å²) in [6.45, 7) is 7.37. The largest absolute Gasteiger partial charge is 0.268 e. The molecule has 0 atom stereocenters. The van der Waals surface area contributed by atoms with Crippen LogP contribution < -0.4 is 0 Å². The molecule has 0 bridgehead atoms. The van der Waals surface area contributed by atoms with Gasteiger partial charge in [-0.1, -0.05) is 32.4 Å². The van der Waals surface area contributed by atoms with Crippen LogP contribution in [0.4, 0.5) is 0 Å². The predicted octanol–water partition coefficient (Wildman–Crippen LogP) is 3.07. The van der Waals surface area contributed by atoms with Crippen molar-refractivity contribution in [2.45, 2.75) is 39.7 Å². The topological polar surface area (TPSA) is 17.8 Å². The van der Waals surface area contributed by atoms with Crippen LogP contribution in [0.3, 0.4) is 0 Å². The van der Waals surface area contributed by atoms with Crippen LogP contribution in [-0.2, 0) is 6.54 Å². The fourth-order valence-electron chi connectivity index (χ4n) is 1.34. The van der Waals surface area contributed by atoms with Gasteiger partial charge in [-0.2, -0.15) is 5.10 Å². The van der Waals surface area contributed by atoms with Gasteiger partial charge in [-0.05, 0) is 12.3 Å². The molecule has 0 unspecified atom stereocenters. The van der Waals surface area contributed by atoms with Crippen molar-refractivity contribution < 1.29 is 0 Å². The van der Waals surface area contributed by atoms with Crippen LogP contribution in [0.2, 0.25) is 5.02 Å². The molecule has 0 saturated carbocycles. The van der Waals surface area contributed by atoms with E-state index < -0.39 is 0 Å². The molecule has 0 fully saturated rings. The van der Waals surface area contributed by atoms with Crippen LogP contribution in [-0.4, -0.2) is 9.78 Å². The molecule has 0 aliphatic rings. The minimum Gasteiger partial charge on any atom is -0.268 e. The van der Waals surface area contributed by atoms with Gasteiger partial charge in [-0.3, -0.25) is 4.68 Å². The second-order valence-electron chi connectivity index (χ2n) is 3.26. The minimum absolute atomic E-state index is 0.451. The molecule has 0 saturated heterocycles. The molecule has 0 aliphatic heterocycles. The average molecular weight is 187 g/mol. The predicted molar refractivity (Wildman–Crippen MR) is 51.6 cm³/mol. The fraction of sp³-hybridized carbons (Fsp3) is 0.667. The van der Waals surface area contributed by atoms with Crippen molar-refractivity contribution in [3.63, 3.8) is 0 Å². The number of halogens is 1. The quantitative estimate of drug-likeness (QED) is 0.710. The lowest BCUT2D eigenvalue weighted by atomic mass is 10.1. The Morgan fingerprint density at radius 1 is 1.58 bits per heavy atom. The lowest BCUT2D eigenvalue weighted by molar-refractivity contribution is 0.558. The SMILES string of the molecule is CCCn1ncc(Cl)c1C(C)C. The number of aryl methyl sites for hydroxylation is 1. The van der Waals surface area contributed by atoms with Gasteiger partial charge in [0.2, 0.25) is 0 Å².